The summed E-state index contributed by atoms with van der Waals surface area (Å²) in [5.41, 5.74) is 0.624. The van der Waals surface area contributed by atoms with Crippen molar-refractivity contribution in [3.63, 3.8) is 0 Å². The Bertz CT molecular complexity index is 775. The number of halogens is 1. The number of sulfonamides is 1. The van der Waals surface area contributed by atoms with Gasteiger partial charge >= 0.3 is 0 Å². The molecule has 0 saturated heterocycles. The van der Waals surface area contributed by atoms with Crippen molar-refractivity contribution in [3.05, 3.63) is 59.1 Å². The fraction of sp³-hybridized carbons (Fsp3) is 0.0714. The van der Waals surface area contributed by atoms with Crippen LogP contribution in [0.3, 0.4) is 0 Å². The summed E-state index contributed by atoms with van der Waals surface area (Å²) in [4.78, 5) is 11.6. The molecule has 0 fully saturated rings. The van der Waals surface area contributed by atoms with Gasteiger partial charge in [-0.05, 0) is 36.4 Å². The minimum absolute atomic E-state index is 0.00331. The van der Waals surface area contributed by atoms with Gasteiger partial charge in [-0.1, -0.05) is 23.7 Å². The second-order valence-electron chi connectivity index (χ2n) is 4.22. The highest BCUT2D eigenvalue weighted by Gasteiger charge is 2.16. The lowest BCUT2D eigenvalue weighted by Crippen LogP contribution is -2.19. The summed E-state index contributed by atoms with van der Waals surface area (Å²) >= 11 is 5.82. The Labute approximate surface area is 128 Å². The second-order valence-corrected chi connectivity index (χ2v) is 6.34. The molecule has 0 aromatic heterocycles. The van der Waals surface area contributed by atoms with Crippen molar-refractivity contribution in [2.75, 3.05) is 11.8 Å². The smallest absolute Gasteiger partial charge is 0.261 e. The Morgan fingerprint density at radius 1 is 1.10 bits per heavy atom. The van der Waals surface area contributed by atoms with Crippen LogP contribution >= 0.6 is 11.6 Å². The van der Waals surface area contributed by atoms with Gasteiger partial charge in [-0.25, -0.2) is 8.42 Å². The zero-order chi connectivity index (χ0) is 15.5. The zero-order valence-corrected chi connectivity index (χ0v) is 12.7. The molecule has 0 bridgehead atoms. The minimum Gasteiger partial charge on any atom is -0.355 e. The van der Waals surface area contributed by atoms with E-state index in [9.17, 15) is 13.2 Å². The van der Waals surface area contributed by atoms with E-state index in [1.165, 1.54) is 37.4 Å². The molecule has 0 aliphatic heterocycles. The van der Waals surface area contributed by atoms with E-state index in [4.69, 9.17) is 11.6 Å². The number of carbonyl (C=O) groups is 1. The Kier molecular flexibility index (Phi) is 4.50. The van der Waals surface area contributed by atoms with Gasteiger partial charge in [0.2, 0.25) is 0 Å². The fourth-order valence-corrected chi connectivity index (χ4v) is 3.00. The number of amides is 1. The van der Waals surface area contributed by atoms with Crippen LogP contribution in [0.4, 0.5) is 5.69 Å². The van der Waals surface area contributed by atoms with Crippen LogP contribution in [-0.4, -0.2) is 21.4 Å². The maximum atomic E-state index is 12.3. The predicted octanol–water partition coefficient (Wildman–Crippen LogP) is 2.50. The Balaban J connectivity index is 2.33. The molecule has 0 radical (unpaired) electrons. The highest BCUT2D eigenvalue weighted by molar-refractivity contribution is 7.92. The largest absolute Gasteiger partial charge is 0.355 e. The van der Waals surface area contributed by atoms with Crippen LogP contribution in [0.5, 0.6) is 0 Å². The summed E-state index contributed by atoms with van der Waals surface area (Å²) in [6, 6.07) is 12.2. The number of benzene rings is 2. The van der Waals surface area contributed by atoms with Gasteiger partial charge in [0.1, 0.15) is 0 Å². The van der Waals surface area contributed by atoms with Crippen LogP contribution in [0.25, 0.3) is 0 Å². The normalized spacial score (nSPS) is 11.0. The SMILES string of the molecule is CNC(=O)c1cccc(S(=O)(=O)Nc2cccc(Cl)c2)c1. The molecule has 5 nitrogen and oxygen atoms in total. The van der Waals surface area contributed by atoms with E-state index in [-0.39, 0.29) is 16.4 Å². The Morgan fingerprint density at radius 2 is 1.81 bits per heavy atom. The van der Waals surface area contributed by atoms with Crippen LogP contribution in [0.15, 0.2) is 53.4 Å². The summed E-state index contributed by atoms with van der Waals surface area (Å²) in [5.74, 6) is -0.352. The van der Waals surface area contributed by atoms with E-state index in [1.54, 1.807) is 18.2 Å². The highest BCUT2D eigenvalue weighted by Crippen LogP contribution is 2.20. The van der Waals surface area contributed by atoms with Crippen molar-refractivity contribution >= 4 is 33.2 Å². The number of anilines is 1. The molecule has 1 amide bonds. The second kappa shape index (κ2) is 6.15. The standard InChI is InChI=1S/C14H13ClN2O3S/c1-16-14(18)10-4-2-7-13(8-10)21(19,20)17-12-6-3-5-11(15)9-12/h2-9,17H,1H3,(H,16,18). The first-order chi connectivity index (χ1) is 9.92. The lowest BCUT2D eigenvalue weighted by Gasteiger charge is -2.09. The van der Waals surface area contributed by atoms with Crippen molar-refractivity contribution in [2.24, 2.45) is 0 Å². The van der Waals surface area contributed by atoms with Gasteiger partial charge in [0, 0.05) is 17.6 Å². The average Bonchev–Trinajstić information content (AvgIpc) is 2.46. The average molecular weight is 325 g/mol. The first kappa shape index (κ1) is 15.3. The Morgan fingerprint density at radius 3 is 2.48 bits per heavy atom. The van der Waals surface area contributed by atoms with Gasteiger partial charge in [-0.2, -0.15) is 0 Å². The zero-order valence-electron chi connectivity index (χ0n) is 11.1. The number of rotatable bonds is 4. The molecular formula is C14H13ClN2O3S. The van der Waals surface area contributed by atoms with Gasteiger partial charge in [-0.15, -0.1) is 0 Å². The number of nitrogens with one attached hydrogen (secondary N) is 2. The first-order valence-corrected chi connectivity index (χ1v) is 7.89. The fourth-order valence-electron chi connectivity index (χ4n) is 1.71. The molecule has 0 unspecified atom stereocenters. The van der Waals surface area contributed by atoms with Gasteiger partial charge in [-0.3, -0.25) is 9.52 Å². The molecule has 2 N–H and O–H groups in total. The van der Waals surface area contributed by atoms with Crippen LogP contribution < -0.4 is 10.0 Å². The molecule has 0 spiro atoms. The molecule has 7 heteroatoms. The topological polar surface area (TPSA) is 75.3 Å². The number of hydrogen-bond acceptors (Lipinski definition) is 3. The quantitative estimate of drug-likeness (QED) is 0.907. The van der Waals surface area contributed by atoms with Crippen LogP contribution in [0.2, 0.25) is 5.02 Å². The minimum atomic E-state index is -3.78. The van der Waals surface area contributed by atoms with Crippen molar-refractivity contribution < 1.29 is 13.2 Å². The van der Waals surface area contributed by atoms with E-state index in [0.717, 1.165) is 0 Å². The van der Waals surface area contributed by atoms with Crippen molar-refractivity contribution in [2.45, 2.75) is 4.90 Å². The predicted molar refractivity (Wildman–Crippen MR) is 82.1 cm³/mol. The Hall–Kier alpha value is -2.05. The lowest BCUT2D eigenvalue weighted by atomic mass is 10.2. The van der Waals surface area contributed by atoms with E-state index >= 15 is 0 Å². The molecule has 0 aliphatic carbocycles. The third kappa shape index (κ3) is 3.74. The summed E-state index contributed by atoms with van der Waals surface area (Å²) in [6.07, 6.45) is 0. The van der Waals surface area contributed by atoms with Gasteiger partial charge in [0.15, 0.2) is 0 Å². The van der Waals surface area contributed by atoms with E-state index in [1.807, 2.05) is 0 Å². The highest BCUT2D eigenvalue weighted by atomic mass is 35.5. The monoisotopic (exact) mass is 324 g/mol. The third-order valence-corrected chi connectivity index (χ3v) is 4.32. The number of carbonyl (C=O) groups excluding carboxylic acids is 1. The summed E-state index contributed by atoms with van der Waals surface area (Å²) in [7, 11) is -2.30. The third-order valence-electron chi connectivity index (χ3n) is 2.71. The molecule has 21 heavy (non-hydrogen) atoms. The maximum Gasteiger partial charge on any atom is 0.261 e. The summed E-state index contributed by atoms with van der Waals surface area (Å²) in [5, 5.41) is 2.87. The molecule has 0 heterocycles. The van der Waals surface area contributed by atoms with E-state index in [2.05, 4.69) is 10.0 Å². The molecule has 2 rings (SSSR count). The molecule has 110 valence electrons. The van der Waals surface area contributed by atoms with Crippen LogP contribution in [0.1, 0.15) is 10.4 Å². The molecule has 0 saturated carbocycles. The van der Waals surface area contributed by atoms with Gasteiger partial charge in [0.25, 0.3) is 15.9 Å². The van der Waals surface area contributed by atoms with E-state index < -0.39 is 10.0 Å². The van der Waals surface area contributed by atoms with Crippen molar-refractivity contribution in [1.29, 1.82) is 0 Å². The molecule has 0 atom stereocenters. The molecule has 2 aromatic carbocycles. The van der Waals surface area contributed by atoms with Gasteiger partial charge < -0.3 is 5.32 Å². The van der Waals surface area contributed by atoms with Crippen molar-refractivity contribution in [3.8, 4) is 0 Å². The summed E-state index contributed by atoms with van der Waals surface area (Å²) < 4.78 is 27.0. The molecular weight excluding hydrogens is 312 g/mol. The maximum absolute atomic E-state index is 12.3. The molecule has 2 aromatic rings. The summed E-state index contributed by atoms with van der Waals surface area (Å²) in [6.45, 7) is 0. The lowest BCUT2D eigenvalue weighted by molar-refractivity contribution is 0.0963. The van der Waals surface area contributed by atoms with E-state index in [0.29, 0.717) is 10.7 Å². The van der Waals surface area contributed by atoms with Crippen LogP contribution in [0, 0.1) is 0 Å². The van der Waals surface area contributed by atoms with Crippen molar-refractivity contribution in [1.82, 2.24) is 5.32 Å². The number of hydrogen-bond donors (Lipinski definition) is 2. The molecule has 0 aliphatic rings. The first-order valence-electron chi connectivity index (χ1n) is 6.03. The van der Waals surface area contributed by atoms with Gasteiger partial charge in [0.05, 0.1) is 10.6 Å². The van der Waals surface area contributed by atoms with Crippen LogP contribution in [-0.2, 0) is 10.0 Å².